The Balaban J connectivity index is 1.27. The molecule has 7 nitrogen and oxygen atoms in total. The van der Waals surface area contributed by atoms with E-state index in [2.05, 4.69) is 10.9 Å². The number of hydrogen-bond donors (Lipinski definition) is 2. The SMILES string of the molecule is COc1ccc2c(CC(=O)NNC(=O)COc3ccccc3Cc3ccccc3)coc2c1. The van der Waals surface area contributed by atoms with Crippen LogP contribution in [0.4, 0.5) is 0 Å². The Hall–Kier alpha value is -4.26. The molecule has 0 bridgehead atoms. The van der Waals surface area contributed by atoms with E-state index in [1.165, 1.54) is 6.26 Å². The number of rotatable bonds is 8. The average Bonchev–Trinajstić information content (AvgIpc) is 3.24. The maximum Gasteiger partial charge on any atom is 0.276 e. The minimum atomic E-state index is -0.459. The van der Waals surface area contributed by atoms with Crippen LogP contribution in [0.5, 0.6) is 11.5 Å². The molecule has 168 valence electrons. The summed E-state index contributed by atoms with van der Waals surface area (Å²) in [5.74, 6) is 0.472. The van der Waals surface area contributed by atoms with Gasteiger partial charge in [-0.15, -0.1) is 0 Å². The molecule has 0 aliphatic carbocycles. The zero-order valence-electron chi connectivity index (χ0n) is 18.2. The van der Waals surface area contributed by atoms with E-state index in [1.807, 2.05) is 60.7 Å². The number of nitrogens with one attached hydrogen (secondary N) is 2. The first-order chi connectivity index (χ1) is 16.1. The quantitative estimate of drug-likeness (QED) is 0.404. The fraction of sp³-hybridized carbons (Fsp3) is 0.154. The third-order valence-corrected chi connectivity index (χ3v) is 5.12. The fourth-order valence-corrected chi connectivity index (χ4v) is 3.47. The second kappa shape index (κ2) is 10.4. The van der Waals surface area contributed by atoms with Crippen molar-refractivity contribution in [2.75, 3.05) is 13.7 Å². The van der Waals surface area contributed by atoms with Crippen LogP contribution in [-0.2, 0) is 22.4 Å². The summed E-state index contributed by atoms with van der Waals surface area (Å²) in [6.45, 7) is -0.222. The van der Waals surface area contributed by atoms with E-state index in [1.54, 1.807) is 19.2 Å². The van der Waals surface area contributed by atoms with Gasteiger partial charge in [-0.1, -0.05) is 48.5 Å². The highest BCUT2D eigenvalue weighted by atomic mass is 16.5. The molecule has 1 aromatic heterocycles. The Bertz CT molecular complexity index is 1250. The van der Waals surface area contributed by atoms with Crippen molar-refractivity contribution in [1.82, 2.24) is 10.9 Å². The highest BCUT2D eigenvalue weighted by molar-refractivity contribution is 5.89. The van der Waals surface area contributed by atoms with Crippen molar-refractivity contribution in [1.29, 1.82) is 0 Å². The van der Waals surface area contributed by atoms with Gasteiger partial charge in [-0.05, 0) is 29.3 Å². The van der Waals surface area contributed by atoms with Crippen molar-refractivity contribution in [2.45, 2.75) is 12.8 Å². The molecule has 33 heavy (non-hydrogen) atoms. The normalized spacial score (nSPS) is 10.6. The Labute approximate surface area is 191 Å². The predicted molar refractivity (Wildman–Crippen MR) is 124 cm³/mol. The van der Waals surface area contributed by atoms with Gasteiger partial charge in [-0.25, -0.2) is 0 Å². The third kappa shape index (κ3) is 5.71. The lowest BCUT2D eigenvalue weighted by molar-refractivity contribution is -0.129. The Morgan fingerprint density at radius 3 is 2.45 bits per heavy atom. The predicted octanol–water partition coefficient (Wildman–Crippen LogP) is 3.80. The van der Waals surface area contributed by atoms with Crippen molar-refractivity contribution in [3.8, 4) is 11.5 Å². The molecule has 0 unspecified atom stereocenters. The van der Waals surface area contributed by atoms with Crippen molar-refractivity contribution < 1.29 is 23.5 Å². The van der Waals surface area contributed by atoms with E-state index in [4.69, 9.17) is 13.9 Å². The van der Waals surface area contributed by atoms with Crippen molar-refractivity contribution in [3.05, 3.63) is 95.7 Å². The summed E-state index contributed by atoms with van der Waals surface area (Å²) in [6, 6.07) is 23.0. The minimum Gasteiger partial charge on any atom is -0.497 e. The number of carbonyl (C=O) groups excluding carboxylic acids is 2. The molecule has 3 aromatic carbocycles. The van der Waals surface area contributed by atoms with Gasteiger partial charge in [0.1, 0.15) is 17.1 Å². The maximum absolute atomic E-state index is 12.3. The molecule has 0 atom stereocenters. The van der Waals surface area contributed by atoms with Gasteiger partial charge in [0.05, 0.1) is 19.8 Å². The van der Waals surface area contributed by atoms with Gasteiger partial charge in [0.25, 0.3) is 5.91 Å². The largest absolute Gasteiger partial charge is 0.497 e. The Morgan fingerprint density at radius 2 is 1.64 bits per heavy atom. The molecule has 0 fully saturated rings. The van der Waals surface area contributed by atoms with Gasteiger partial charge >= 0.3 is 0 Å². The summed E-state index contributed by atoms with van der Waals surface area (Å²) in [5.41, 5.74) is 8.27. The molecule has 4 rings (SSSR count). The lowest BCUT2D eigenvalue weighted by atomic mass is 10.0. The number of methoxy groups -OCH3 is 1. The molecular formula is C26H24N2O5. The number of ether oxygens (including phenoxy) is 2. The van der Waals surface area contributed by atoms with Gasteiger partial charge in [0, 0.05) is 23.4 Å². The van der Waals surface area contributed by atoms with Gasteiger partial charge in [0.2, 0.25) is 5.91 Å². The van der Waals surface area contributed by atoms with Crippen LogP contribution < -0.4 is 20.3 Å². The molecule has 2 amide bonds. The smallest absolute Gasteiger partial charge is 0.276 e. The van der Waals surface area contributed by atoms with Crippen LogP contribution in [-0.4, -0.2) is 25.5 Å². The monoisotopic (exact) mass is 444 g/mol. The van der Waals surface area contributed by atoms with Crippen LogP contribution in [0.2, 0.25) is 0 Å². The zero-order valence-corrected chi connectivity index (χ0v) is 18.2. The fourth-order valence-electron chi connectivity index (χ4n) is 3.47. The van der Waals surface area contributed by atoms with E-state index in [0.29, 0.717) is 29.1 Å². The average molecular weight is 444 g/mol. The lowest BCUT2D eigenvalue weighted by Gasteiger charge is -2.12. The van der Waals surface area contributed by atoms with Crippen LogP contribution in [0, 0.1) is 0 Å². The van der Waals surface area contributed by atoms with Gasteiger partial charge in [0.15, 0.2) is 6.61 Å². The topological polar surface area (TPSA) is 89.8 Å². The van der Waals surface area contributed by atoms with Crippen LogP contribution in [0.25, 0.3) is 11.0 Å². The molecule has 0 saturated heterocycles. The summed E-state index contributed by atoms with van der Waals surface area (Å²) in [7, 11) is 1.58. The Kier molecular flexibility index (Phi) is 6.90. The number of fused-ring (bicyclic) bond motifs is 1. The zero-order chi connectivity index (χ0) is 23.0. The Morgan fingerprint density at radius 1 is 0.879 bits per heavy atom. The molecule has 0 aliphatic rings. The van der Waals surface area contributed by atoms with Crippen LogP contribution in [0.3, 0.4) is 0 Å². The van der Waals surface area contributed by atoms with Crippen molar-refractivity contribution in [3.63, 3.8) is 0 Å². The summed E-state index contributed by atoms with van der Waals surface area (Å²) in [4.78, 5) is 24.5. The van der Waals surface area contributed by atoms with E-state index in [0.717, 1.165) is 16.5 Å². The molecule has 2 N–H and O–H groups in total. The second-order valence-electron chi connectivity index (χ2n) is 7.45. The number of carbonyl (C=O) groups is 2. The van der Waals surface area contributed by atoms with E-state index >= 15 is 0 Å². The summed E-state index contributed by atoms with van der Waals surface area (Å²) < 4.78 is 16.4. The molecule has 7 heteroatoms. The van der Waals surface area contributed by atoms with Crippen LogP contribution in [0.15, 0.2) is 83.5 Å². The number of hydrogen-bond acceptors (Lipinski definition) is 5. The summed E-state index contributed by atoms with van der Waals surface area (Å²) >= 11 is 0. The molecule has 0 radical (unpaired) electrons. The first-order valence-corrected chi connectivity index (χ1v) is 10.5. The van der Waals surface area contributed by atoms with Gasteiger partial charge in [-0.3, -0.25) is 20.4 Å². The van der Waals surface area contributed by atoms with Gasteiger partial charge in [-0.2, -0.15) is 0 Å². The highest BCUT2D eigenvalue weighted by Crippen LogP contribution is 2.26. The standard InChI is InChI=1S/C26H24N2O5/c1-31-21-11-12-22-20(16-32-24(22)15-21)14-25(29)27-28-26(30)17-33-23-10-6-5-9-19(23)13-18-7-3-2-4-8-18/h2-12,15-16H,13-14,17H2,1H3,(H,27,29)(H,28,30). The molecule has 0 saturated carbocycles. The minimum absolute atomic E-state index is 0.0559. The molecule has 4 aromatic rings. The number of benzene rings is 3. The van der Waals surface area contributed by atoms with Crippen molar-refractivity contribution in [2.24, 2.45) is 0 Å². The number of furan rings is 1. The van der Waals surface area contributed by atoms with E-state index in [-0.39, 0.29) is 18.9 Å². The van der Waals surface area contributed by atoms with Gasteiger partial charge < -0.3 is 13.9 Å². The number of amides is 2. The van der Waals surface area contributed by atoms with Crippen LogP contribution >= 0.6 is 0 Å². The molecule has 0 spiro atoms. The molecular weight excluding hydrogens is 420 g/mol. The van der Waals surface area contributed by atoms with E-state index in [9.17, 15) is 9.59 Å². The molecule has 1 heterocycles. The van der Waals surface area contributed by atoms with Crippen LogP contribution in [0.1, 0.15) is 16.7 Å². The lowest BCUT2D eigenvalue weighted by Crippen LogP contribution is -2.44. The number of hydrazine groups is 1. The summed E-state index contributed by atoms with van der Waals surface area (Å²) in [6.07, 6.45) is 2.28. The second-order valence-corrected chi connectivity index (χ2v) is 7.45. The highest BCUT2D eigenvalue weighted by Gasteiger charge is 2.13. The number of para-hydroxylation sites is 1. The first kappa shape index (κ1) is 22.0. The third-order valence-electron chi connectivity index (χ3n) is 5.12. The first-order valence-electron chi connectivity index (χ1n) is 10.5. The summed E-state index contributed by atoms with van der Waals surface area (Å²) in [5, 5.41) is 0.815. The van der Waals surface area contributed by atoms with E-state index < -0.39 is 5.91 Å². The maximum atomic E-state index is 12.3. The molecule has 0 aliphatic heterocycles. The van der Waals surface area contributed by atoms with Crippen molar-refractivity contribution >= 4 is 22.8 Å².